The number of rotatable bonds is 4. The van der Waals surface area contributed by atoms with E-state index >= 15 is 0 Å². The molecule has 3 rings (SSSR count). The molecule has 3 aliphatic rings. The number of nitrogens with zero attached hydrogens (tertiary/aromatic N) is 2. The molecule has 5 nitrogen and oxygen atoms in total. The molecule has 0 radical (unpaired) electrons. The van der Waals surface area contributed by atoms with Gasteiger partial charge in [0.25, 0.3) is 6.10 Å². The van der Waals surface area contributed by atoms with Crippen molar-refractivity contribution in [1.82, 2.24) is 9.80 Å². The molecule has 2 heterocycles. The number of methoxy groups -OCH3 is 1. The molecule has 12 heteroatoms. The molecule has 2 unspecified atom stereocenters. The standard InChI is InChI=1S/C20H25F7N2O3/c1-31-15-4-3-14(21)11-13(15)12-29-8-2-5-18(29)6-9-28(10-7-18)17(30)32-16(19(22,23)24)20(25,26)27/h3-4,11,13,15-16H,2,5-10,12H2,1H3. The highest BCUT2D eigenvalue weighted by Crippen LogP contribution is 2.41. The van der Waals surface area contributed by atoms with Crippen molar-refractivity contribution in [3.63, 3.8) is 0 Å². The van der Waals surface area contributed by atoms with Crippen molar-refractivity contribution < 1.29 is 45.0 Å². The third kappa shape index (κ3) is 5.38. The number of likely N-dealkylation sites (tertiary alicyclic amines) is 2. The fourth-order valence-corrected chi connectivity index (χ4v) is 4.79. The molecule has 32 heavy (non-hydrogen) atoms. The lowest BCUT2D eigenvalue weighted by atomic mass is 9.84. The van der Waals surface area contributed by atoms with Crippen molar-refractivity contribution >= 4 is 6.09 Å². The maximum atomic E-state index is 13.7. The highest BCUT2D eigenvalue weighted by atomic mass is 19.4. The lowest BCUT2D eigenvalue weighted by Crippen LogP contribution is -2.56. The second-order valence-electron chi connectivity index (χ2n) is 8.38. The molecule has 0 aromatic rings. The van der Waals surface area contributed by atoms with Gasteiger partial charge in [0.05, 0.1) is 6.10 Å². The average molecular weight is 474 g/mol. The van der Waals surface area contributed by atoms with E-state index in [9.17, 15) is 35.5 Å². The molecule has 2 atom stereocenters. The fraction of sp³-hybridized carbons (Fsp3) is 0.750. The summed E-state index contributed by atoms with van der Waals surface area (Å²) in [6.45, 7) is 1.16. The number of carbonyl (C=O) groups excluding carboxylic acids is 1. The minimum atomic E-state index is -5.75. The predicted molar refractivity (Wildman–Crippen MR) is 99.3 cm³/mol. The van der Waals surface area contributed by atoms with E-state index < -0.39 is 24.5 Å². The number of hydrogen-bond acceptors (Lipinski definition) is 4. The largest absolute Gasteiger partial charge is 0.434 e. The molecular weight excluding hydrogens is 449 g/mol. The molecule has 1 aliphatic carbocycles. The maximum Gasteiger partial charge on any atom is 0.434 e. The van der Waals surface area contributed by atoms with Crippen LogP contribution in [-0.4, -0.2) is 79.3 Å². The summed E-state index contributed by atoms with van der Waals surface area (Å²) in [7, 11) is 1.53. The summed E-state index contributed by atoms with van der Waals surface area (Å²) in [6, 6.07) is 0. The van der Waals surface area contributed by atoms with Crippen molar-refractivity contribution in [3.8, 4) is 0 Å². The third-order valence-corrected chi connectivity index (χ3v) is 6.45. The molecule has 0 aromatic carbocycles. The van der Waals surface area contributed by atoms with Crippen LogP contribution in [0.25, 0.3) is 0 Å². The van der Waals surface area contributed by atoms with E-state index in [0.29, 0.717) is 19.4 Å². The van der Waals surface area contributed by atoms with Crippen molar-refractivity contribution in [2.75, 3.05) is 33.3 Å². The Labute approximate surface area is 180 Å². The van der Waals surface area contributed by atoms with E-state index in [-0.39, 0.29) is 36.5 Å². The number of piperidine rings is 1. The van der Waals surface area contributed by atoms with Crippen molar-refractivity contribution in [2.24, 2.45) is 5.92 Å². The topological polar surface area (TPSA) is 42.0 Å². The first-order chi connectivity index (χ1) is 14.9. The maximum absolute atomic E-state index is 13.7. The number of carbonyl (C=O) groups is 1. The minimum absolute atomic E-state index is 0.0275. The Balaban J connectivity index is 1.62. The van der Waals surface area contributed by atoms with E-state index in [0.717, 1.165) is 24.3 Å². The molecule has 1 amide bonds. The van der Waals surface area contributed by atoms with E-state index in [1.807, 2.05) is 0 Å². The molecule has 2 saturated heterocycles. The van der Waals surface area contributed by atoms with Crippen LogP contribution in [0, 0.1) is 5.92 Å². The Bertz CT molecular complexity index is 728. The van der Waals surface area contributed by atoms with Gasteiger partial charge in [0.2, 0.25) is 0 Å². The summed E-state index contributed by atoms with van der Waals surface area (Å²) >= 11 is 0. The number of allylic oxidation sites excluding steroid dienone is 2. The molecule has 2 fully saturated rings. The molecule has 2 aliphatic heterocycles. The van der Waals surface area contributed by atoms with Crippen LogP contribution in [0.3, 0.4) is 0 Å². The summed E-state index contributed by atoms with van der Waals surface area (Å²) in [5, 5.41) is 0. The first-order valence-electron chi connectivity index (χ1n) is 10.3. The zero-order chi connectivity index (χ0) is 23.7. The molecule has 0 N–H and O–H groups in total. The second-order valence-corrected chi connectivity index (χ2v) is 8.38. The highest BCUT2D eigenvalue weighted by Gasteiger charge is 2.60. The molecular formula is C20H25F7N2O3. The first kappa shape index (κ1) is 24.8. The van der Waals surface area contributed by atoms with Crippen LogP contribution in [0.4, 0.5) is 35.5 Å². The summed E-state index contributed by atoms with van der Waals surface area (Å²) in [5.74, 6) is -0.597. The van der Waals surface area contributed by atoms with Gasteiger partial charge >= 0.3 is 18.4 Å². The number of alkyl halides is 6. The Kier molecular flexibility index (Phi) is 7.14. The molecule has 182 valence electrons. The van der Waals surface area contributed by atoms with Crippen molar-refractivity contribution in [2.45, 2.75) is 55.8 Å². The van der Waals surface area contributed by atoms with Gasteiger partial charge in [-0.2, -0.15) is 26.3 Å². The second kappa shape index (κ2) is 9.20. The number of hydrogen-bond donors (Lipinski definition) is 0. The smallest absolute Gasteiger partial charge is 0.426 e. The summed E-state index contributed by atoms with van der Waals surface area (Å²) in [4.78, 5) is 15.1. The SMILES string of the molecule is COC1C=CC(F)=CC1CN1CCCC12CCN(C(=O)OC(C(F)(F)F)C(F)(F)F)CC2. The summed E-state index contributed by atoms with van der Waals surface area (Å²) in [6.07, 6.45) is -10.8. The summed E-state index contributed by atoms with van der Waals surface area (Å²) < 4.78 is 99.0. The van der Waals surface area contributed by atoms with Gasteiger partial charge in [-0.25, -0.2) is 9.18 Å². The zero-order valence-electron chi connectivity index (χ0n) is 17.4. The number of amides is 1. The molecule has 0 saturated carbocycles. The van der Waals surface area contributed by atoms with Gasteiger partial charge in [0, 0.05) is 38.2 Å². The third-order valence-electron chi connectivity index (χ3n) is 6.45. The van der Waals surface area contributed by atoms with Crippen LogP contribution in [-0.2, 0) is 9.47 Å². The van der Waals surface area contributed by atoms with E-state index in [4.69, 9.17) is 4.74 Å². The van der Waals surface area contributed by atoms with Crippen LogP contribution < -0.4 is 0 Å². The van der Waals surface area contributed by atoms with E-state index in [1.165, 1.54) is 19.3 Å². The quantitative estimate of drug-likeness (QED) is 0.559. The van der Waals surface area contributed by atoms with Crippen LogP contribution in [0.1, 0.15) is 25.7 Å². The van der Waals surface area contributed by atoms with Gasteiger partial charge < -0.3 is 14.4 Å². The Morgan fingerprint density at radius 2 is 1.75 bits per heavy atom. The Morgan fingerprint density at radius 3 is 2.31 bits per heavy atom. The van der Waals surface area contributed by atoms with E-state index in [2.05, 4.69) is 9.64 Å². The van der Waals surface area contributed by atoms with Gasteiger partial charge in [-0.1, -0.05) is 6.08 Å². The average Bonchev–Trinajstić information content (AvgIpc) is 3.06. The van der Waals surface area contributed by atoms with E-state index in [1.54, 1.807) is 6.08 Å². The lowest BCUT2D eigenvalue weighted by molar-refractivity contribution is -0.308. The van der Waals surface area contributed by atoms with Gasteiger partial charge in [-0.15, -0.1) is 0 Å². The highest BCUT2D eigenvalue weighted by molar-refractivity contribution is 5.68. The zero-order valence-corrected chi connectivity index (χ0v) is 17.4. The van der Waals surface area contributed by atoms with Crippen molar-refractivity contribution in [3.05, 3.63) is 24.1 Å². The van der Waals surface area contributed by atoms with Gasteiger partial charge in [0.1, 0.15) is 5.83 Å². The number of halogens is 7. The molecule has 0 bridgehead atoms. The van der Waals surface area contributed by atoms with Crippen molar-refractivity contribution in [1.29, 1.82) is 0 Å². The van der Waals surface area contributed by atoms with Gasteiger partial charge in [-0.3, -0.25) is 4.90 Å². The van der Waals surface area contributed by atoms with Gasteiger partial charge in [0.15, 0.2) is 0 Å². The van der Waals surface area contributed by atoms with Crippen LogP contribution in [0.2, 0.25) is 0 Å². The Morgan fingerprint density at radius 1 is 1.12 bits per heavy atom. The number of ether oxygens (including phenoxy) is 2. The fourth-order valence-electron chi connectivity index (χ4n) is 4.79. The molecule has 1 spiro atoms. The summed E-state index contributed by atoms with van der Waals surface area (Å²) in [5.41, 5.74) is -0.353. The van der Waals surface area contributed by atoms with Crippen LogP contribution in [0.15, 0.2) is 24.1 Å². The minimum Gasteiger partial charge on any atom is -0.426 e. The first-order valence-corrected chi connectivity index (χ1v) is 10.3. The normalized spacial score (nSPS) is 26.7. The molecule has 0 aromatic heterocycles. The van der Waals surface area contributed by atoms with Gasteiger partial charge in [-0.05, 0) is 44.4 Å². The monoisotopic (exact) mass is 474 g/mol. The lowest BCUT2D eigenvalue weighted by Gasteiger charge is -2.46. The van der Waals surface area contributed by atoms with Crippen LogP contribution in [0.5, 0.6) is 0 Å². The van der Waals surface area contributed by atoms with Crippen LogP contribution >= 0.6 is 0 Å². The predicted octanol–water partition coefficient (Wildman–Crippen LogP) is 4.60. The Hall–Kier alpha value is -1.82.